The van der Waals surface area contributed by atoms with Gasteiger partial charge in [0.05, 0.1) is 23.9 Å². The second-order valence-corrected chi connectivity index (χ2v) is 6.96. The van der Waals surface area contributed by atoms with Gasteiger partial charge in [-0.15, -0.1) is 5.10 Å². The van der Waals surface area contributed by atoms with Gasteiger partial charge in [-0.3, -0.25) is 0 Å². The fraction of sp³-hybridized carbons (Fsp3) is 0.474. The van der Waals surface area contributed by atoms with Crippen molar-refractivity contribution in [2.45, 2.75) is 44.8 Å². The highest BCUT2D eigenvalue weighted by molar-refractivity contribution is 6.33. The van der Waals surface area contributed by atoms with Crippen molar-refractivity contribution < 1.29 is 4.74 Å². The molecule has 4 rings (SSSR count). The van der Waals surface area contributed by atoms with Gasteiger partial charge in [-0.2, -0.15) is 0 Å². The van der Waals surface area contributed by atoms with E-state index in [1.807, 2.05) is 29.1 Å². The summed E-state index contributed by atoms with van der Waals surface area (Å²) >= 11 is 6.43. The van der Waals surface area contributed by atoms with Gasteiger partial charge in [-0.05, 0) is 50.3 Å². The Morgan fingerprint density at radius 1 is 1.25 bits per heavy atom. The third-order valence-electron chi connectivity index (χ3n) is 4.45. The van der Waals surface area contributed by atoms with Gasteiger partial charge in [0.25, 0.3) is 0 Å². The summed E-state index contributed by atoms with van der Waals surface area (Å²) in [6.07, 6.45) is 8.11. The van der Waals surface area contributed by atoms with Gasteiger partial charge in [0.1, 0.15) is 5.69 Å². The number of nitrogens with zero attached hydrogens (tertiary/aromatic N) is 3. The van der Waals surface area contributed by atoms with E-state index in [1.165, 1.54) is 19.3 Å². The zero-order valence-electron chi connectivity index (χ0n) is 13.5. The first kappa shape index (κ1) is 15.7. The lowest BCUT2D eigenvalue weighted by molar-refractivity contribution is 0.00370. The minimum atomic E-state index is 0.240. The van der Waals surface area contributed by atoms with Crippen LogP contribution < -0.4 is 0 Å². The maximum atomic E-state index is 6.43. The van der Waals surface area contributed by atoms with Gasteiger partial charge >= 0.3 is 0 Å². The van der Waals surface area contributed by atoms with Crippen LogP contribution in [0.5, 0.6) is 0 Å². The molecule has 2 aromatic rings. The summed E-state index contributed by atoms with van der Waals surface area (Å²) in [4.78, 5) is 0. The highest BCUT2D eigenvalue weighted by Crippen LogP contribution is 2.29. The first-order chi connectivity index (χ1) is 11.8. The minimum absolute atomic E-state index is 0.240. The fourth-order valence-corrected chi connectivity index (χ4v) is 3.16. The van der Waals surface area contributed by atoms with E-state index in [-0.39, 0.29) is 6.10 Å². The first-order valence-electron chi connectivity index (χ1n) is 8.61. The van der Waals surface area contributed by atoms with Crippen molar-refractivity contribution in [3.05, 3.63) is 35.0 Å². The quantitative estimate of drug-likeness (QED) is 0.794. The zero-order valence-corrected chi connectivity index (χ0v) is 14.3. The molecule has 124 valence electrons. The number of rotatable bonds is 3. The maximum Gasteiger partial charge on any atom is 0.114 e. The van der Waals surface area contributed by atoms with E-state index < -0.39 is 0 Å². The lowest BCUT2D eigenvalue weighted by atomic mass is 10.1. The molecule has 1 unspecified atom stereocenters. The topological polar surface area (TPSA) is 39.9 Å². The van der Waals surface area contributed by atoms with Crippen molar-refractivity contribution in [3.63, 3.8) is 0 Å². The number of ether oxygens (including phenoxy) is 1. The molecule has 0 spiro atoms. The molecular formula is C19H20ClN3O. The molecule has 1 saturated carbocycles. The summed E-state index contributed by atoms with van der Waals surface area (Å²) in [6.45, 7) is 1.59. The first-order valence-corrected chi connectivity index (χ1v) is 8.99. The molecule has 0 amide bonds. The molecule has 0 N–H and O–H groups in total. The molecule has 1 aliphatic heterocycles. The van der Waals surface area contributed by atoms with Crippen molar-refractivity contribution in [2.24, 2.45) is 5.92 Å². The van der Waals surface area contributed by atoms with E-state index in [2.05, 4.69) is 22.2 Å². The SMILES string of the molecule is Clc1cc(C#CC2CC2)ccc1-c1cn(CC2CCCCO2)nn1. The van der Waals surface area contributed by atoms with Gasteiger partial charge in [0.2, 0.25) is 0 Å². The van der Waals surface area contributed by atoms with E-state index >= 15 is 0 Å². The molecule has 1 saturated heterocycles. The molecular weight excluding hydrogens is 322 g/mol. The average molecular weight is 342 g/mol. The molecule has 2 fully saturated rings. The molecule has 1 aliphatic carbocycles. The monoisotopic (exact) mass is 341 g/mol. The lowest BCUT2D eigenvalue weighted by Gasteiger charge is -2.21. The Kier molecular flexibility index (Phi) is 4.55. The number of hydrogen-bond acceptors (Lipinski definition) is 3. The summed E-state index contributed by atoms with van der Waals surface area (Å²) in [5.74, 6) is 7.04. The summed E-state index contributed by atoms with van der Waals surface area (Å²) < 4.78 is 7.61. The Bertz CT molecular complexity index is 779. The Balaban J connectivity index is 1.48. The maximum absolute atomic E-state index is 6.43. The average Bonchev–Trinajstić information content (AvgIpc) is 3.32. The van der Waals surface area contributed by atoms with Crippen molar-refractivity contribution in [3.8, 4) is 23.1 Å². The lowest BCUT2D eigenvalue weighted by Crippen LogP contribution is -2.24. The second-order valence-electron chi connectivity index (χ2n) is 6.55. The third-order valence-corrected chi connectivity index (χ3v) is 4.76. The van der Waals surface area contributed by atoms with Crippen LogP contribution in [0.25, 0.3) is 11.3 Å². The zero-order chi connectivity index (χ0) is 16.4. The van der Waals surface area contributed by atoms with E-state index in [4.69, 9.17) is 16.3 Å². The summed E-state index contributed by atoms with van der Waals surface area (Å²) in [5.41, 5.74) is 2.64. The van der Waals surface area contributed by atoms with Crippen LogP contribution in [0.15, 0.2) is 24.4 Å². The van der Waals surface area contributed by atoms with Gasteiger partial charge in [0, 0.05) is 23.7 Å². The number of aromatic nitrogens is 3. The van der Waals surface area contributed by atoms with Crippen molar-refractivity contribution in [2.75, 3.05) is 6.61 Å². The van der Waals surface area contributed by atoms with Gasteiger partial charge in [-0.1, -0.05) is 28.7 Å². The summed E-state index contributed by atoms with van der Waals surface area (Å²) in [7, 11) is 0. The molecule has 1 atom stereocenters. The van der Waals surface area contributed by atoms with E-state index in [0.717, 1.165) is 42.8 Å². The van der Waals surface area contributed by atoms with Crippen LogP contribution >= 0.6 is 11.6 Å². The van der Waals surface area contributed by atoms with Crippen LogP contribution in [0.4, 0.5) is 0 Å². The van der Waals surface area contributed by atoms with Gasteiger partial charge in [0.15, 0.2) is 0 Å². The van der Waals surface area contributed by atoms with Gasteiger partial charge in [-0.25, -0.2) is 4.68 Å². The van der Waals surface area contributed by atoms with Crippen molar-refractivity contribution >= 4 is 11.6 Å². The van der Waals surface area contributed by atoms with Crippen molar-refractivity contribution in [1.82, 2.24) is 15.0 Å². The van der Waals surface area contributed by atoms with Crippen LogP contribution in [-0.4, -0.2) is 27.7 Å². The molecule has 2 heterocycles. The predicted molar refractivity (Wildman–Crippen MR) is 93.7 cm³/mol. The standard InChI is InChI=1S/C19H20ClN3O/c20-18-11-15(7-6-14-4-5-14)8-9-17(18)19-13-23(22-21-19)12-16-3-1-2-10-24-16/h8-9,11,13-14,16H,1-5,10,12H2. The summed E-state index contributed by atoms with van der Waals surface area (Å²) in [6, 6.07) is 5.89. The van der Waals surface area contributed by atoms with Crippen LogP contribution in [0.3, 0.4) is 0 Å². The molecule has 5 heteroatoms. The summed E-state index contributed by atoms with van der Waals surface area (Å²) in [5, 5.41) is 9.15. The Labute approximate surface area is 147 Å². The molecule has 2 aliphatic rings. The molecule has 1 aromatic carbocycles. The Morgan fingerprint density at radius 3 is 2.92 bits per heavy atom. The van der Waals surface area contributed by atoms with Gasteiger partial charge < -0.3 is 4.74 Å². The number of hydrogen-bond donors (Lipinski definition) is 0. The van der Waals surface area contributed by atoms with E-state index in [9.17, 15) is 0 Å². The van der Waals surface area contributed by atoms with Crippen molar-refractivity contribution in [1.29, 1.82) is 0 Å². The van der Waals surface area contributed by atoms with E-state index in [1.54, 1.807) is 0 Å². The predicted octanol–water partition coefficient (Wildman–Crippen LogP) is 3.93. The largest absolute Gasteiger partial charge is 0.376 e. The smallest absolute Gasteiger partial charge is 0.114 e. The minimum Gasteiger partial charge on any atom is -0.376 e. The highest BCUT2D eigenvalue weighted by Gasteiger charge is 2.18. The molecule has 1 aromatic heterocycles. The van der Waals surface area contributed by atoms with Crippen LogP contribution in [0.1, 0.15) is 37.7 Å². The van der Waals surface area contributed by atoms with E-state index in [0.29, 0.717) is 10.9 Å². The molecule has 4 nitrogen and oxygen atoms in total. The highest BCUT2D eigenvalue weighted by atomic mass is 35.5. The second kappa shape index (κ2) is 6.96. The number of halogens is 1. The van der Waals surface area contributed by atoms with Crippen LogP contribution in [-0.2, 0) is 11.3 Å². The molecule has 24 heavy (non-hydrogen) atoms. The molecule has 0 radical (unpaired) electrons. The fourth-order valence-electron chi connectivity index (χ4n) is 2.88. The van der Waals surface area contributed by atoms with Crippen LogP contribution in [0, 0.1) is 17.8 Å². The Morgan fingerprint density at radius 2 is 2.17 bits per heavy atom. The van der Waals surface area contributed by atoms with Crippen LogP contribution in [0.2, 0.25) is 5.02 Å². The number of benzene rings is 1. The third kappa shape index (κ3) is 3.80. The normalized spacial score (nSPS) is 20.5. The Hall–Kier alpha value is -1.83. The molecule has 0 bridgehead atoms.